The Morgan fingerprint density at radius 3 is 1.33 bits per heavy atom. The van der Waals surface area contributed by atoms with Crippen molar-refractivity contribution in [1.82, 2.24) is 0 Å². The van der Waals surface area contributed by atoms with E-state index in [1.165, 1.54) is 12.1 Å². The Hall–Kier alpha value is -7.34. The van der Waals surface area contributed by atoms with Gasteiger partial charge in [-0.3, -0.25) is 0 Å². The molecule has 0 atom stereocenters. The van der Waals surface area contributed by atoms with Crippen molar-refractivity contribution in [3.8, 4) is 34.5 Å². The molecule has 57 heavy (non-hydrogen) atoms. The Bertz CT molecular complexity index is 2620. The zero-order valence-electron chi connectivity index (χ0n) is 30.8. The first-order valence-electron chi connectivity index (χ1n) is 18.1. The molecule has 0 N–H and O–H groups in total. The lowest BCUT2D eigenvalue weighted by molar-refractivity contribution is 0.0718. The Balaban J connectivity index is 0.808. The fourth-order valence-electron chi connectivity index (χ4n) is 5.64. The summed E-state index contributed by atoms with van der Waals surface area (Å²) in [5, 5.41) is 1.62. The minimum atomic E-state index is -0.554. The molecule has 0 spiro atoms. The van der Waals surface area contributed by atoms with Crippen molar-refractivity contribution in [2.24, 2.45) is 0 Å². The number of esters is 2. The summed E-state index contributed by atoms with van der Waals surface area (Å²) in [5.41, 5.74) is 1.36. The molecule has 0 aliphatic heterocycles. The van der Waals surface area contributed by atoms with Crippen LogP contribution in [0.2, 0.25) is 0 Å². The van der Waals surface area contributed by atoms with Crippen LogP contribution in [0, 0.1) is 6.92 Å². The summed E-state index contributed by atoms with van der Waals surface area (Å²) in [6.07, 6.45) is 1.20. The average molecular weight is 769 g/mol. The molecule has 0 saturated carbocycles. The SMILES string of the molecule is Cc1cc(OC(=O)c2ccc(OCCCOc3ccc4ccc(=O)oc4c3)cc2)ccc1OC(=O)c1ccc(OCCCOc2ccc3ccc(=O)oc3c2)cc1. The highest BCUT2D eigenvalue weighted by Gasteiger charge is 2.14. The average Bonchev–Trinajstić information content (AvgIpc) is 3.21. The van der Waals surface area contributed by atoms with Crippen molar-refractivity contribution < 1.29 is 46.8 Å². The lowest BCUT2D eigenvalue weighted by Crippen LogP contribution is -2.11. The van der Waals surface area contributed by atoms with Crippen molar-refractivity contribution in [2.45, 2.75) is 19.8 Å². The van der Waals surface area contributed by atoms with Crippen LogP contribution in [0.25, 0.3) is 21.9 Å². The molecule has 2 heterocycles. The van der Waals surface area contributed by atoms with Gasteiger partial charge in [-0.1, -0.05) is 0 Å². The summed E-state index contributed by atoms with van der Waals surface area (Å²) in [5.74, 6) is 1.87. The van der Waals surface area contributed by atoms with Gasteiger partial charge in [0.15, 0.2) is 0 Å². The van der Waals surface area contributed by atoms with Crippen molar-refractivity contribution >= 4 is 33.9 Å². The highest BCUT2D eigenvalue weighted by Crippen LogP contribution is 2.26. The second kappa shape index (κ2) is 17.9. The molecule has 7 rings (SSSR count). The molecule has 0 aliphatic rings. The molecule has 2 aromatic heterocycles. The summed E-state index contributed by atoms with van der Waals surface area (Å²) in [6.45, 7) is 3.31. The van der Waals surface area contributed by atoms with Gasteiger partial charge in [0.25, 0.3) is 0 Å². The maximum absolute atomic E-state index is 12.9. The fourth-order valence-corrected chi connectivity index (χ4v) is 5.64. The number of fused-ring (bicyclic) bond motifs is 2. The van der Waals surface area contributed by atoms with Crippen LogP contribution in [0.15, 0.2) is 146 Å². The van der Waals surface area contributed by atoms with Crippen molar-refractivity contribution in [2.75, 3.05) is 26.4 Å². The van der Waals surface area contributed by atoms with Crippen LogP contribution in [0.3, 0.4) is 0 Å². The van der Waals surface area contributed by atoms with Crippen LogP contribution >= 0.6 is 0 Å². The van der Waals surface area contributed by atoms with E-state index in [2.05, 4.69) is 0 Å². The molecule has 0 saturated heterocycles. The van der Waals surface area contributed by atoms with Crippen molar-refractivity contribution in [3.63, 3.8) is 0 Å². The maximum Gasteiger partial charge on any atom is 0.343 e. The maximum atomic E-state index is 12.9. The normalized spacial score (nSPS) is 10.9. The topological polar surface area (TPSA) is 150 Å². The zero-order valence-corrected chi connectivity index (χ0v) is 30.8. The predicted molar refractivity (Wildman–Crippen MR) is 210 cm³/mol. The van der Waals surface area contributed by atoms with E-state index in [1.54, 1.807) is 97.9 Å². The van der Waals surface area contributed by atoms with E-state index < -0.39 is 23.2 Å². The molecule has 0 amide bonds. The van der Waals surface area contributed by atoms with Gasteiger partial charge in [0, 0.05) is 47.9 Å². The molecule has 0 radical (unpaired) electrons. The number of ether oxygens (including phenoxy) is 6. The van der Waals surface area contributed by atoms with E-state index in [0.717, 1.165) is 10.8 Å². The first kappa shape index (κ1) is 38.0. The zero-order chi connectivity index (χ0) is 39.6. The van der Waals surface area contributed by atoms with Gasteiger partial charge >= 0.3 is 23.2 Å². The number of hydrogen-bond acceptors (Lipinski definition) is 12. The van der Waals surface area contributed by atoms with Gasteiger partial charge in [-0.2, -0.15) is 0 Å². The van der Waals surface area contributed by atoms with Gasteiger partial charge in [0.05, 0.1) is 37.6 Å². The summed E-state index contributed by atoms with van der Waals surface area (Å²) >= 11 is 0. The van der Waals surface area contributed by atoms with Gasteiger partial charge in [0.1, 0.15) is 45.7 Å². The minimum Gasteiger partial charge on any atom is -0.493 e. The van der Waals surface area contributed by atoms with E-state index in [1.807, 2.05) is 24.3 Å². The quantitative estimate of drug-likeness (QED) is 0.0402. The Morgan fingerprint density at radius 1 is 0.456 bits per heavy atom. The highest BCUT2D eigenvalue weighted by molar-refractivity contribution is 5.92. The minimum absolute atomic E-state index is 0.295. The van der Waals surface area contributed by atoms with E-state index >= 15 is 0 Å². The molecular formula is C45H36O12. The third-order valence-electron chi connectivity index (χ3n) is 8.58. The van der Waals surface area contributed by atoms with Crippen LogP contribution in [0.4, 0.5) is 0 Å². The second-order valence-electron chi connectivity index (χ2n) is 12.8. The first-order valence-corrected chi connectivity index (χ1v) is 18.1. The van der Waals surface area contributed by atoms with E-state index in [-0.39, 0.29) is 0 Å². The molecule has 0 fully saturated rings. The van der Waals surface area contributed by atoms with Crippen LogP contribution in [-0.4, -0.2) is 38.4 Å². The van der Waals surface area contributed by atoms with Gasteiger partial charge in [-0.25, -0.2) is 19.2 Å². The molecule has 0 unspecified atom stereocenters. The Kier molecular flexibility index (Phi) is 11.9. The standard InChI is InChI=1S/C45H36O12/c1-29-26-38(54-44(48)32-6-12-34(13-7-32)50-22-2-24-52-36-16-4-30-10-20-42(46)55-40(30)27-36)18-19-39(29)57-45(49)33-8-14-35(15-9-33)51-23-3-25-53-37-17-5-31-11-21-43(47)56-41(31)28-37/h4-21,26-28H,2-3,22-25H2,1H3. The van der Waals surface area contributed by atoms with Gasteiger partial charge in [-0.05, 0) is 116 Å². The Labute approximate surface area is 325 Å². The number of hydrogen-bond donors (Lipinski definition) is 0. The number of rotatable bonds is 16. The summed E-state index contributed by atoms with van der Waals surface area (Å²) in [6, 6.07) is 34.7. The van der Waals surface area contributed by atoms with Crippen LogP contribution in [-0.2, 0) is 0 Å². The smallest absolute Gasteiger partial charge is 0.343 e. The number of aryl methyl sites for hydroxylation is 1. The van der Waals surface area contributed by atoms with Crippen molar-refractivity contribution in [1.29, 1.82) is 0 Å². The molecule has 7 aromatic rings. The predicted octanol–water partition coefficient (Wildman–Crippen LogP) is 8.34. The van der Waals surface area contributed by atoms with Gasteiger partial charge in [0.2, 0.25) is 0 Å². The van der Waals surface area contributed by atoms with Gasteiger partial charge in [-0.15, -0.1) is 0 Å². The largest absolute Gasteiger partial charge is 0.493 e. The number of carbonyl (C=O) groups excluding carboxylic acids is 2. The van der Waals surface area contributed by atoms with E-state index in [4.69, 9.17) is 37.3 Å². The van der Waals surface area contributed by atoms with Crippen molar-refractivity contribution in [3.05, 3.63) is 165 Å². The lowest BCUT2D eigenvalue weighted by Gasteiger charge is -2.11. The fraction of sp³-hybridized carbons (Fsp3) is 0.156. The van der Waals surface area contributed by atoms with E-state index in [9.17, 15) is 19.2 Å². The summed E-state index contributed by atoms with van der Waals surface area (Å²) in [7, 11) is 0. The number of carbonyl (C=O) groups is 2. The molecule has 0 aliphatic carbocycles. The third-order valence-corrected chi connectivity index (χ3v) is 8.58. The molecular weight excluding hydrogens is 732 g/mol. The molecule has 12 heteroatoms. The van der Waals surface area contributed by atoms with E-state index in [0.29, 0.717) is 102 Å². The summed E-state index contributed by atoms with van der Waals surface area (Å²) in [4.78, 5) is 48.6. The van der Waals surface area contributed by atoms with Crippen LogP contribution in [0.5, 0.6) is 34.5 Å². The Morgan fingerprint density at radius 2 is 0.860 bits per heavy atom. The van der Waals surface area contributed by atoms with Crippen LogP contribution < -0.4 is 39.7 Å². The molecule has 288 valence electrons. The number of benzene rings is 5. The summed E-state index contributed by atoms with van der Waals surface area (Å²) < 4.78 is 44.6. The third kappa shape index (κ3) is 10.3. The molecule has 0 bridgehead atoms. The monoisotopic (exact) mass is 768 g/mol. The highest BCUT2D eigenvalue weighted by atomic mass is 16.5. The van der Waals surface area contributed by atoms with Gasteiger partial charge < -0.3 is 37.3 Å². The van der Waals surface area contributed by atoms with Crippen LogP contribution in [0.1, 0.15) is 39.1 Å². The molecule has 5 aromatic carbocycles. The molecule has 12 nitrogen and oxygen atoms in total. The first-order chi connectivity index (χ1) is 27.8. The second-order valence-corrected chi connectivity index (χ2v) is 12.8. The lowest BCUT2D eigenvalue weighted by atomic mass is 10.2.